The Morgan fingerprint density at radius 1 is 1.33 bits per heavy atom. The molecule has 1 heterocycles. The van der Waals surface area contributed by atoms with Crippen molar-refractivity contribution in [3.63, 3.8) is 0 Å². The van der Waals surface area contributed by atoms with E-state index in [1.165, 1.54) is 23.5 Å². The molecule has 1 amide bonds. The molecule has 2 rings (SSSR count). The Balaban J connectivity index is 2.32. The Bertz CT molecular complexity index is 593. The summed E-state index contributed by atoms with van der Waals surface area (Å²) in [5.41, 5.74) is 0.908. The molecule has 1 aromatic carbocycles. The predicted octanol–water partition coefficient (Wildman–Crippen LogP) is 2.40. The molecule has 0 bridgehead atoms. The number of aromatic carboxylic acids is 1. The van der Waals surface area contributed by atoms with Gasteiger partial charge < -0.3 is 5.11 Å². The Labute approximate surface area is 107 Å². The number of carbonyl (C=O) groups is 2. The molecule has 0 aliphatic carbocycles. The zero-order valence-corrected chi connectivity index (χ0v) is 10.3. The van der Waals surface area contributed by atoms with Crippen LogP contribution in [0.15, 0.2) is 29.8 Å². The molecular formula is C12H10N2O3S. The lowest BCUT2D eigenvalue weighted by Crippen LogP contribution is -2.16. The molecule has 5 nitrogen and oxygen atoms in total. The molecule has 0 fully saturated rings. The number of hydrogen-bond donors (Lipinski definition) is 2. The smallest absolute Gasteiger partial charge is 0.336 e. The van der Waals surface area contributed by atoms with Crippen LogP contribution >= 0.6 is 11.3 Å². The molecule has 6 heteroatoms. The van der Waals surface area contributed by atoms with Gasteiger partial charge in [0.25, 0.3) is 5.91 Å². The van der Waals surface area contributed by atoms with Crippen LogP contribution in [0.1, 0.15) is 26.3 Å². The van der Waals surface area contributed by atoms with E-state index in [1.54, 1.807) is 24.6 Å². The van der Waals surface area contributed by atoms with E-state index in [0.717, 1.165) is 5.56 Å². The van der Waals surface area contributed by atoms with Crippen LogP contribution in [0, 0.1) is 6.92 Å². The largest absolute Gasteiger partial charge is 0.478 e. The molecule has 2 aromatic rings. The van der Waals surface area contributed by atoms with Gasteiger partial charge in [0.05, 0.1) is 11.1 Å². The minimum atomic E-state index is -1.12. The number of nitrogens with zero attached hydrogens (tertiary/aromatic N) is 1. The van der Waals surface area contributed by atoms with E-state index in [2.05, 4.69) is 10.3 Å². The fourth-order valence-corrected chi connectivity index (χ4v) is 2.01. The minimum Gasteiger partial charge on any atom is -0.478 e. The fourth-order valence-electron chi connectivity index (χ4n) is 1.48. The van der Waals surface area contributed by atoms with Gasteiger partial charge in [-0.15, -0.1) is 11.3 Å². The van der Waals surface area contributed by atoms with Crippen LogP contribution in [0.4, 0.5) is 5.13 Å². The van der Waals surface area contributed by atoms with E-state index in [1.807, 2.05) is 0 Å². The number of carboxylic acids is 1. The lowest BCUT2D eigenvalue weighted by Gasteiger charge is -2.06. The van der Waals surface area contributed by atoms with Gasteiger partial charge in [-0.25, -0.2) is 9.78 Å². The standard InChI is InChI=1S/C12H10N2O3S/c1-7-2-3-8(9(6-7)11(16)17)10(15)14-12-13-4-5-18-12/h2-6H,1H3,(H,16,17)(H,13,14,15). The zero-order valence-electron chi connectivity index (χ0n) is 9.51. The Morgan fingerprint density at radius 2 is 2.11 bits per heavy atom. The maximum atomic E-state index is 11.9. The third kappa shape index (κ3) is 2.54. The van der Waals surface area contributed by atoms with E-state index in [0.29, 0.717) is 5.13 Å². The van der Waals surface area contributed by atoms with Gasteiger partial charge in [-0.3, -0.25) is 10.1 Å². The number of aromatic nitrogens is 1. The first-order valence-electron chi connectivity index (χ1n) is 5.12. The molecule has 0 atom stereocenters. The van der Waals surface area contributed by atoms with Crippen LogP contribution in [-0.2, 0) is 0 Å². The van der Waals surface area contributed by atoms with E-state index in [-0.39, 0.29) is 11.1 Å². The van der Waals surface area contributed by atoms with Crippen molar-refractivity contribution < 1.29 is 14.7 Å². The van der Waals surface area contributed by atoms with Crippen molar-refractivity contribution in [1.29, 1.82) is 0 Å². The molecule has 1 aromatic heterocycles. The van der Waals surface area contributed by atoms with Gasteiger partial charge in [-0.1, -0.05) is 11.6 Å². The third-order valence-corrected chi connectivity index (χ3v) is 2.99. The molecule has 92 valence electrons. The summed E-state index contributed by atoms with van der Waals surface area (Å²) in [5, 5.41) is 13.8. The van der Waals surface area contributed by atoms with Gasteiger partial charge in [0.2, 0.25) is 0 Å². The SMILES string of the molecule is Cc1ccc(C(=O)Nc2nccs2)c(C(=O)O)c1. The predicted molar refractivity (Wildman–Crippen MR) is 68.2 cm³/mol. The van der Waals surface area contributed by atoms with Crippen molar-refractivity contribution in [3.05, 3.63) is 46.5 Å². The lowest BCUT2D eigenvalue weighted by atomic mass is 10.0. The summed E-state index contributed by atoms with van der Waals surface area (Å²) >= 11 is 1.27. The highest BCUT2D eigenvalue weighted by Crippen LogP contribution is 2.16. The number of hydrogen-bond acceptors (Lipinski definition) is 4. The number of rotatable bonds is 3. The monoisotopic (exact) mass is 262 g/mol. The second-order valence-electron chi connectivity index (χ2n) is 3.65. The Morgan fingerprint density at radius 3 is 2.72 bits per heavy atom. The Hall–Kier alpha value is -2.21. The normalized spacial score (nSPS) is 10.1. The summed E-state index contributed by atoms with van der Waals surface area (Å²) in [7, 11) is 0. The zero-order chi connectivity index (χ0) is 13.1. The van der Waals surface area contributed by atoms with Gasteiger partial charge >= 0.3 is 5.97 Å². The highest BCUT2D eigenvalue weighted by molar-refractivity contribution is 7.13. The summed E-state index contributed by atoms with van der Waals surface area (Å²) in [6, 6.07) is 4.67. The van der Waals surface area contributed by atoms with Gasteiger partial charge in [0.1, 0.15) is 0 Å². The molecule has 0 radical (unpaired) electrons. The average molecular weight is 262 g/mol. The van der Waals surface area contributed by atoms with Crippen LogP contribution in [0.5, 0.6) is 0 Å². The number of carbonyl (C=O) groups excluding carboxylic acids is 1. The van der Waals surface area contributed by atoms with Gasteiger partial charge in [-0.2, -0.15) is 0 Å². The minimum absolute atomic E-state index is 0.0101. The summed E-state index contributed by atoms with van der Waals surface area (Å²) in [6.45, 7) is 1.77. The Kier molecular flexibility index (Phi) is 3.38. The summed E-state index contributed by atoms with van der Waals surface area (Å²) in [5.74, 6) is -1.59. The molecule has 18 heavy (non-hydrogen) atoms. The summed E-state index contributed by atoms with van der Waals surface area (Å²) in [4.78, 5) is 26.9. The highest BCUT2D eigenvalue weighted by atomic mass is 32.1. The molecular weight excluding hydrogens is 252 g/mol. The molecule has 0 aliphatic rings. The van der Waals surface area contributed by atoms with E-state index < -0.39 is 11.9 Å². The fraction of sp³-hybridized carbons (Fsp3) is 0.0833. The molecule has 2 N–H and O–H groups in total. The van der Waals surface area contributed by atoms with Crippen molar-refractivity contribution in [2.24, 2.45) is 0 Å². The van der Waals surface area contributed by atoms with Gasteiger partial charge in [0.15, 0.2) is 5.13 Å². The highest BCUT2D eigenvalue weighted by Gasteiger charge is 2.17. The number of carboxylic acid groups (broad SMARTS) is 1. The maximum absolute atomic E-state index is 11.9. The van der Waals surface area contributed by atoms with E-state index in [4.69, 9.17) is 5.11 Å². The van der Waals surface area contributed by atoms with Crippen LogP contribution in [-0.4, -0.2) is 22.0 Å². The van der Waals surface area contributed by atoms with E-state index in [9.17, 15) is 9.59 Å². The molecule has 0 saturated carbocycles. The van der Waals surface area contributed by atoms with Crippen LogP contribution in [0.25, 0.3) is 0 Å². The molecule has 0 spiro atoms. The van der Waals surface area contributed by atoms with Crippen molar-refractivity contribution in [3.8, 4) is 0 Å². The topological polar surface area (TPSA) is 79.3 Å². The second-order valence-corrected chi connectivity index (χ2v) is 4.54. The first-order chi connectivity index (χ1) is 8.58. The maximum Gasteiger partial charge on any atom is 0.336 e. The first kappa shape index (κ1) is 12.3. The summed E-state index contributed by atoms with van der Waals surface area (Å²) < 4.78 is 0. The molecule has 0 aliphatic heterocycles. The van der Waals surface area contributed by atoms with Gasteiger partial charge in [-0.05, 0) is 19.1 Å². The quantitative estimate of drug-likeness (QED) is 0.890. The number of benzene rings is 1. The molecule has 0 saturated heterocycles. The van der Waals surface area contributed by atoms with Crippen molar-refractivity contribution >= 4 is 28.3 Å². The number of aryl methyl sites for hydroxylation is 1. The van der Waals surface area contributed by atoms with Crippen molar-refractivity contribution in [1.82, 2.24) is 4.98 Å². The average Bonchev–Trinajstić information content (AvgIpc) is 2.81. The second kappa shape index (κ2) is 4.97. The lowest BCUT2D eigenvalue weighted by molar-refractivity contribution is 0.0692. The van der Waals surface area contributed by atoms with E-state index >= 15 is 0 Å². The number of amides is 1. The van der Waals surface area contributed by atoms with Crippen molar-refractivity contribution in [2.75, 3.05) is 5.32 Å². The van der Waals surface area contributed by atoms with Crippen LogP contribution < -0.4 is 5.32 Å². The third-order valence-electron chi connectivity index (χ3n) is 2.30. The van der Waals surface area contributed by atoms with Crippen molar-refractivity contribution in [2.45, 2.75) is 6.92 Å². The number of thiazole rings is 1. The van der Waals surface area contributed by atoms with Crippen LogP contribution in [0.2, 0.25) is 0 Å². The number of nitrogens with one attached hydrogen (secondary N) is 1. The summed E-state index contributed by atoms with van der Waals surface area (Å²) in [6.07, 6.45) is 1.56. The molecule has 0 unspecified atom stereocenters. The first-order valence-corrected chi connectivity index (χ1v) is 6.00. The number of anilines is 1. The van der Waals surface area contributed by atoms with Crippen LogP contribution in [0.3, 0.4) is 0 Å². The van der Waals surface area contributed by atoms with Gasteiger partial charge in [0, 0.05) is 11.6 Å².